The number of carbonyl (C=O) groups excluding carboxylic acids is 1. The number of anilines is 1. The molecule has 2 amide bonds. The van der Waals surface area contributed by atoms with Crippen LogP contribution in [0.5, 0.6) is 0 Å². The molecule has 7 heteroatoms. The molecule has 0 bridgehead atoms. The third-order valence-corrected chi connectivity index (χ3v) is 3.06. The number of urea groups is 1. The van der Waals surface area contributed by atoms with Crippen molar-refractivity contribution in [2.24, 2.45) is 0 Å². The minimum Gasteiger partial charge on any atom is -0.398 e. The van der Waals surface area contributed by atoms with Gasteiger partial charge in [-0.1, -0.05) is 18.2 Å². The second-order valence-corrected chi connectivity index (χ2v) is 4.86. The highest BCUT2D eigenvalue weighted by Gasteiger charge is 2.15. The van der Waals surface area contributed by atoms with Gasteiger partial charge in [0, 0.05) is 12.7 Å². The van der Waals surface area contributed by atoms with E-state index in [-0.39, 0.29) is 5.75 Å². The van der Waals surface area contributed by atoms with Gasteiger partial charge in [-0.25, -0.2) is 17.9 Å². The van der Waals surface area contributed by atoms with E-state index in [9.17, 15) is 13.2 Å². The standard InChI is InChI=1S/C9H13N3O3S/c1-11-9(13)12-16(14,15)6-7-4-2-3-5-8(7)10/h2-5H,6,10H2,1H3,(H2,11,12,13). The predicted molar refractivity (Wildman–Crippen MR) is 61.1 cm³/mol. The van der Waals surface area contributed by atoms with Crippen LogP contribution in [0.4, 0.5) is 10.5 Å². The zero-order valence-electron chi connectivity index (χ0n) is 8.73. The highest BCUT2D eigenvalue weighted by atomic mass is 32.2. The molecule has 0 saturated heterocycles. The molecule has 16 heavy (non-hydrogen) atoms. The second-order valence-electron chi connectivity index (χ2n) is 3.14. The number of hydrogen-bond donors (Lipinski definition) is 3. The fraction of sp³-hybridized carbons (Fsp3) is 0.222. The van der Waals surface area contributed by atoms with Crippen molar-refractivity contribution in [3.8, 4) is 0 Å². The molecule has 0 fully saturated rings. The third kappa shape index (κ3) is 3.43. The Hall–Kier alpha value is -1.76. The van der Waals surface area contributed by atoms with Gasteiger partial charge in [0.1, 0.15) is 0 Å². The summed E-state index contributed by atoms with van der Waals surface area (Å²) in [5.74, 6) is -0.326. The molecule has 88 valence electrons. The SMILES string of the molecule is CNC(=O)NS(=O)(=O)Cc1ccccc1N. The van der Waals surface area contributed by atoms with Crippen molar-refractivity contribution in [2.45, 2.75) is 5.75 Å². The summed E-state index contributed by atoms with van der Waals surface area (Å²) in [6, 6.07) is 5.82. The second kappa shape index (κ2) is 4.84. The van der Waals surface area contributed by atoms with Crippen molar-refractivity contribution in [3.63, 3.8) is 0 Å². The predicted octanol–water partition coefficient (Wildman–Crippen LogP) is 0.0276. The summed E-state index contributed by atoms with van der Waals surface area (Å²) < 4.78 is 24.8. The van der Waals surface area contributed by atoms with E-state index in [1.165, 1.54) is 7.05 Å². The Morgan fingerprint density at radius 1 is 1.38 bits per heavy atom. The van der Waals surface area contributed by atoms with Crippen molar-refractivity contribution in [1.82, 2.24) is 10.0 Å². The van der Waals surface area contributed by atoms with Crippen LogP contribution in [0.1, 0.15) is 5.56 Å². The summed E-state index contributed by atoms with van der Waals surface area (Å²) in [4.78, 5) is 10.9. The van der Waals surface area contributed by atoms with Gasteiger partial charge < -0.3 is 11.1 Å². The summed E-state index contributed by atoms with van der Waals surface area (Å²) in [7, 11) is -2.38. The molecule has 1 rings (SSSR count). The molecule has 0 spiro atoms. The van der Waals surface area contributed by atoms with E-state index < -0.39 is 16.1 Å². The zero-order chi connectivity index (χ0) is 12.2. The fourth-order valence-electron chi connectivity index (χ4n) is 1.10. The van der Waals surface area contributed by atoms with Crippen molar-refractivity contribution < 1.29 is 13.2 Å². The van der Waals surface area contributed by atoms with Crippen LogP contribution in [0.15, 0.2) is 24.3 Å². The molecule has 0 aliphatic carbocycles. The molecule has 0 aliphatic heterocycles. The molecule has 6 nitrogen and oxygen atoms in total. The van der Waals surface area contributed by atoms with Gasteiger partial charge >= 0.3 is 6.03 Å². The van der Waals surface area contributed by atoms with Crippen molar-refractivity contribution in [1.29, 1.82) is 0 Å². The largest absolute Gasteiger partial charge is 0.398 e. The van der Waals surface area contributed by atoms with Gasteiger partial charge in [0.05, 0.1) is 5.75 Å². The van der Waals surface area contributed by atoms with Gasteiger partial charge in [-0.05, 0) is 11.6 Å². The number of rotatable bonds is 3. The molecule has 1 aromatic carbocycles. The molecule has 0 heterocycles. The third-order valence-electron chi connectivity index (χ3n) is 1.88. The van der Waals surface area contributed by atoms with Gasteiger partial charge in [-0.3, -0.25) is 0 Å². The Labute approximate surface area is 93.9 Å². The van der Waals surface area contributed by atoms with Crippen LogP contribution in [0, 0.1) is 0 Å². The van der Waals surface area contributed by atoms with Gasteiger partial charge in [-0.15, -0.1) is 0 Å². The summed E-state index contributed by atoms with van der Waals surface area (Å²) in [5, 5.41) is 2.16. The molecular formula is C9H13N3O3S. The lowest BCUT2D eigenvalue weighted by Gasteiger charge is -2.07. The first-order valence-electron chi connectivity index (χ1n) is 4.50. The molecule has 1 aromatic rings. The minimum atomic E-state index is -3.71. The van der Waals surface area contributed by atoms with Crippen molar-refractivity contribution in [3.05, 3.63) is 29.8 Å². The highest BCUT2D eigenvalue weighted by Crippen LogP contribution is 2.13. The van der Waals surface area contributed by atoms with Crippen LogP contribution < -0.4 is 15.8 Å². The van der Waals surface area contributed by atoms with E-state index in [2.05, 4.69) is 5.32 Å². The topological polar surface area (TPSA) is 101 Å². The van der Waals surface area contributed by atoms with Crippen molar-refractivity contribution >= 4 is 21.7 Å². The van der Waals surface area contributed by atoms with E-state index in [1.807, 2.05) is 4.72 Å². The van der Waals surface area contributed by atoms with E-state index >= 15 is 0 Å². The molecule has 0 radical (unpaired) electrons. The van der Waals surface area contributed by atoms with E-state index in [0.29, 0.717) is 11.3 Å². The Kier molecular flexibility index (Phi) is 3.73. The molecule has 0 saturated carbocycles. The number of benzene rings is 1. The number of sulfonamides is 1. The first kappa shape index (κ1) is 12.3. The number of carbonyl (C=O) groups is 1. The van der Waals surface area contributed by atoms with E-state index in [1.54, 1.807) is 24.3 Å². The van der Waals surface area contributed by atoms with Crippen molar-refractivity contribution in [2.75, 3.05) is 12.8 Å². The number of nitrogens with one attached hydrogen (secondary N) is 2. The molecule has 0 atom stereocenters. The monoisotopic (exact) mass is 243 g/mol. The van der Waals surface area contributed by atoms with Gasteiger partial charge in [-0.2, -0.15) is 0 Å². The molecular weight excluding hydrogens is 230 g/mol. The Balaban J connectivity index is 2.81. The summed E-state index contributed by atoms with van der Waals surface area (Å²) in [6.07, 6.45) is 0. The normalized spacial score (nSPS) is 10.8. The van der Waals surface area contributed by atoms with Gasteiger partial charge in [0.25, 0.3) is 0 Å². The minimum absolute atomic E-state index is 0.326. The molecule has 0 aromatic heterocycles. The van der Waals surface area contributed by atoms with Crippen LogP contribution in [0.25, 0.3) is 0 Å². The van der Waals surface area contributed by atoms with Crippen LogP contribution in [-0.2, 0) is 15.8 Å². The van der Waals surface area contributed by atoms with Gasteiger partial charge in [0.15, 0.2) is 0 Å². The number of hydrogen-bond acceptors (Lipinski definition) is 4. The van der Waals surface area contributed by atoms with Crippen LogP contribution in [0.3, 0.4) is 0 Å². The Morgan fingerprint density at radius 2 is 2.00 bits per heavy atom. The maximum atomic E-state index is 11.5. The maximum Gasteiger partial charge on any atom is 0.328 e. The summed E-state index contributed by atoms with van der Waals surface area (Å²) >= 11 is 0. The number of amides is 2. The zero-order valence-corrected chi connectivity index (χ0v) is 9.54. The van der Waals surface area contributed by atoms with E-state index in [0.717, 1.165) is 0 Å². The number of nitrogen functional groups attached to an aromatic ring is 1. The Bertz CT molecular complexity index is 485. The molecule has 0 unspecified atom stereocenters. The summed E-state index contributed by atoms with van der Waals surface area (Å²) in [5.41, 5.74) is 6.44. The number of nitrogens with two attached hydrogens (primary N) is 1. The van der Waals surface area contributed by atoms with E-state index in [4.69, 9.17) is 5.73 Å². The first-order chi connectivity index (χ1) is 7.44. The smallest absolute Gasteiger partial charge is 0.328 e. The average molecular weight is 243 g/mol. The lowest BCUT2D eigenvalue weighted by atomic mass is 10.2. The lowest BCUT2D eigenvalue weighted by Crippen LogP contribution is -2.38. The molecule has 0 aliphatic rings. The van der Waals surface area contributed by atoms with Crippen LogP contribution in [-0.4, -0.2) is 21.5 Å². The lowest BCUT2D eigenvalue weighted by molar-refractivity contribution is 0.248. The Morgan fingerprint density at radius 3 is 2.56 bits per heavy atom. The molecule has 4 N–H and O–H groups in total. The maximum absolute atomic E-state index is 11.5. The fourth-order valence-corrected chi connectivity index (χ4v) is 2.23. The summed E-state index contributed by atoms with van der Waals surface area (Å²) in [6.45, 7) is 0. The van der Waals surface area contributed by atoms with Crippen LogP contribution in [0.2, 0.25) is 0 Å². The van der Waals surface area contributed by atoms with Gasteiger partial charge in [0.2, 0.25) is 10.0 Å². The first-order valence-corrected chi connectivity index (χ1v) is 6.15. The quantitative estimate of drug-likeness (QED) is 0.652. The average Bonchev–Trinajstić information content (AvgIpc) is 2.20. The van der Waals surface area contributed by atoms with Crippen LogP contribution >= 0.6 is 0 Å². The highest BCUT2D eigenvalue weighted by molar-refractivity contribution is 7.89. The number of para-hydroxylation sites is 1.